The third-order valence-electron chi connectivity index (χ3n) is 4.56. The van der Waals surface area contributed by atoms with Crippen LogP contribution in [0.15, 0.2) is 67.3 Å². The van der Waals surface area contributed by atoms with E-state index in [1.807, 2.05) is 25.1 Å². The summed E-state index contributed by atoms with van der Waals surface area (Å²) >= 11 is 0. The molecule has 0 radical (unpaired) electrons. The van der Waals surface area contributed by atoms with Gasteiger partial charge < -0.3 is 4.74 Å². The van der Waals surface area contributed by atoms with Gasteiger partial charge in [-0.15, -0.1) is 6.58 Å². The lowest BCUT2D eigenvalue weighted by Crippen LogP contribution is -2.00. The molecule has 0 aliphatic carbocycles. The van der Waals surface area contributed by atoms with E-state index in [0.29, 0.717) is 5.56 Å². The van der Waals surface area contributed by atoms with Gasteiger partial charge in [-0.1, -0.05) is 48.6 Å². The van der Waals surface area contributed by atoms with E-state index in [4.69, 9.17) is 4.74 Å². The smallest absolute Gasteiger partial charge is 0.175 e. The van der Waals surface area contributed by atoms with E-state index in [9.17, 15) is 13.2 Å². The fraction of sp³-hybridized carbons (Fsp3) is 0.167. The Hall–Kier alpha value is -3.01. The number of aryl methyl sites for hydroxylation is 1. The Morgan fingerprint density at radius 3 is 2.39 bits per heavy atom. The van der Waals surface area contributed by atoms with Gasteiger partial charge in [-0.3, -0.25) is 0 Å². The maximum absolute atomic E-state index is 14.7. The van der Waals surface area contributed by atoms with Gasteiger partial charge in [0.1, 0.15) is 6.61 Å². The summed E-state index contributed by atoms with van der Waals surface area (Å²) in [5.74, 6) is -3.29. The fourth-order valence-corrected chi connectivity index (χ4v) is 3.04. The topological polar surface area (TPSA) is 9.23 Å². The maximum atomic E-state index is 14.7. The lowest BCUT2D eigenvalue weighted by atomic mass is 9.98. The van der Waals surface area contributed by atoms with Crippen molar-refractivity contribution in [1.29, 1.82) is 0 Å². The zero-order valence-electron chi connectivity index (χ0n) is 15.6. The molecule has 0 spiro atoms. The lowest BCUT2D eigenvalue weighted by Gasteiger charge is -2.12. The van der Waals surface area contributed by atoms with Gasteiger partial charge >= 0.3 is 0 Å². The highest BCUT2D eigenvalue weighted by Gasteiger charge is 2.20. The van der Waals surface area contributed by atoms with Gasteiger partial charge in [-0.25, -0.2) is 13.2 Å². The molecule has 1 nitrogen and oxygen atoms in total. The largest absolute Gasteiger partial charge is 0.486 e. The van der Waals surface area contributed by atoms with Gasteiger partial charge in [-0.2, -0.15) is 0 Å². The minimum absolute atomic E-state index is 0.0993. The van der Waals surface area contributed by atoms with E-state index in [-0.39, 0.29) is 23.3 Å². The Morgan fingerprint density at radius 1 is 0.964 bits per heavy atom. The summed E-state index contributed by atoms with van der Waals surface area (Å²) in [5, 5.41) is -0.123. The van der Waals surface area contributed by atoms with E-state index in [0.717, 1.165) is 18.4 Å². The predicted octanol–water partition coefficient (Wildman–Crippen LogP) is 7.00. The van der Waals surface area contributed by atoms with E-state index in [1.54, 1.807) is 24.3 Å². The summed E-state index contributed by atoms with van der Waals surface area (Å²) in [6, 6.07) is 11.7. The summed E-state index contributed by atoms with van der Waals surface area (Å²) in [7, 11) is 0. The molecule has 0 saturated carbocycles. The van der Waals surface area contributed by atoms with E-state index >= 15 is 0 Å². The highest BCUT2D eigenvalue weighted by atomic mass is 19.2. The first-order chi connectivity index (χ1) is 13.6. The molecule has 0 fully saturated rings. The molecule has 0 amide bonds. The molecule has 144 valence electrons. The third-order valence-corrected chi connectivity index (χ3v) is 4.56. The number of ether oxygens (including phenoxy) is 1. The van der Waals surface area contributed by atoms with Crippen LogP contribution in [0.1, 0.15) is 18.9 Å². The van der Waals surface area contributed by atoms with Gasteiger partial charge in [0.2, 0.25) is 0 Å². The van der Waals surface area contributed by atoms with E-state index in [1.165, 1.54) is 18.2 Å². The summed E-state index contributed by atoms with van der Waals surface area (Å²) in [5.41, 5.74) is 1.72. The Kier molecular flexibility index (Phi) is 6.19. The van der Waals surface area contributed by atoms with Crippen molar-refractivity contribution in [3.63, 3.8) is 0 Å². The van der Waals surface area contributed by atoms with Crippen LogP contribution < -0.4 is 4.74 Å². The number of hydrogen-bond donors (Lipinski definition) is 0. The Morgan fingerprint density at radius 2 is 1.71 bits per heavy atom. The van der Waals surface area contributed by atoms with E-state index in [2.05, 4.69) is 6.58 Å². The maximum Gasteiger partial charge on any atom is 0.175 e. The van der Waals surface area contributed by atoms with Crippen LogP contribution in [0.25, 0.3) is 21.9 Å². The van der Waals surface area contributed by atoms with Crippen LogP contribution in [0.2, 0.25) is 0 Å². The quantitative estimate of drug-likeness (QED) is 0.400. The van der Waals surface area contributed by atoms with Crippen LogP contribution >= 0.6 is 0 Å². The number of halogens is 3. The van der Waals surface area contributed by atoms with Gasteiger partial charge in [0.15, 0.2) is 23.2 Å². The predicted molar refractivity (Wildman–Crippen MR) is 108 cm³/mol. The molecular formula is C24H21F3O. The van der Waals surface area contributed by atoms with Crippen LogP contribution in [0.5, 0.6) is 5.75 Å². The Balaban J connectivity index is 2.02. The van der Waals surface area contributed by atoms with Crippen LogP contribution in [0, 0.1) is 17.5 Å². The average molecular weight is 382 g/mol. The summed E-state index contributed by atoms with van der Waals surface area (Å²) in [4.78, 5) is 0. The van der Waals surface area contributed by atoms with Gasteiger partial charge in [0.25, 0.3) is 0 Å². The van der Waals surface area contributed by atoms with E-state index < -0.39 is 22.8 Å². The van der Waals surface area contributed by atoms with Crippen LogP contribution in [-0.2, 0) is 6.42 Å². The molecule has 0 unspecified atom stereocenters. The molecule has 28 heavy (non-hydrogen) atoms. The molecule has 0 heterocycles. The van der Waals surface area contributed by atoms with Crippen LogP contribution in [-0.4, -0.2) is 6.61 Å². The summed E-state index contributed by atoms with van der Waals surface area (Å²) in [6.45, 7) is 5.65. The Bertz CT molecular complexity index is 1020. The number of allylic oxidation sites excluding steroid dienone is 2. The monoisotopic (exact) mass is 382 g/mol. The standard InChI is InChI=1S/C24H21F3O/c1-3-5-7-16-8-10-17(11-9-16)19-15-18-12-13-20(28-14-6-4-2)23(26)21(18)24(27)22(19)25/h3-4,6,8-13,15H,1,5,7,14H2,2H3. The molecule has 0 atom stereocenters. The zero-order chi connectivity index (χ0) is 20.1. The van der Waals surface area contributed by atoms with Gasteiger partial charge in [0.05, 0.1) is 5.39 Å². The second kappa shape index (κ2) is 8.79. The summed E-state index contributed by atoms with van der Waals surface area (Å²) in [6.07, 6.45) is 6.96. The second-order valence-corrected chi connectivity index (χ2v) is 6.43. The van der Waals surface area contributed by atoms with Crippen molar-refractivity contribution in [2.75, 3.05) is 6.61 Å². The molecule has 3 aromatic carbocycles. The van der Waals surface area contributed by atoms with Gasteiger partial charge in [0, 0.05) is 5.56 Å². The highest BCUT2D eigenvalue weighted by molar-refractivity contribution is 5.90. The van der Waals surface area contributed by atoms with Crippen molar-refractivity contribution in [3.05, 3.63) is 90.3 Å². The van der Waals surface area contributed by atoms with Crippen molar-refractivity contribution in [3.8, 4) is 16.9 Å². The molecule has 0 N–H and O–H groups in total. The van der Waals surface area contributed by atoms with Crippen molar-refractivity contribution in [2.45, 2.75) is 19.8 Å². The second-order valence-electron chi connectivity index (χ2n) is 6.43. The lowest BCUT2D eigenvalue weighted by molar-refractivity contribution is 0.342. The summed E-state index contributed by atoms with van der Waals surface area (Å²) < 4.78 is 49.4. The van der Waals surface area contributed by atoms with Crippen molar-refractivity contribution in [2.24, 2.45) is 0 Å². The first-order valence-electron chi connectivity index (χ1n) is 9.11. The molecular weight excluding hydrogens is 361 g/mol. The minimum Gasteiger partial charge on any atom is -0.486 e. The number of rotatable bonds is 7. The molecule has 3 aromatic rings. The molecule has 0 aliphatic rings. The van der Waals surface area contributed by atoms with Gasteiger partial charge in [-0.05, 0) is 48.4 Å². The molecule has 4 heteroatoms. The number of hydrogen-bond acceptors (Lipinski definition) is 1. The molecule has 0 aliphatic heterocycles. The number of fused-ring (bicyclic) bond motifs is 1. The zero-order valence-corrected chi connectivity index (χ0v) is 15.6. The Labute approximate surface area is 162 Å². The molecule has 0 bridgehead atoms. The average Bonchev–Trinajstić information content (AvgIpc) is 2.71. The first kappa shape index (κ1) is 19.7. The number of benzene rings is 3. The molecule has 0 saturated heterocycles. The highest BCUT2D eigenvalue weighted by Crippen LogP contribution is 2.35. The van der Waals surface area contributed by atoms with Crippen LogP contribution in [0.4, 0.5) is 13.2 Å². The van der Waals surface area contributed by atoms with Crippen LogP contribution in [0.3, 0.4) is 0 Å². The third kappa shape index (κ3) is 3.96. The normalized spacial score (nSPS) is 11.3. The first-order valence-corrected chi connectivity index (χ1v) is 9.11. The fourth-order valence-electron chi connectivity index (χ4n) is 3.04. The minimum atomic E-state index is -1.21. The van der Waals surface area contributed by atoms with Crippen molar-refractivity contribution < 1.29 is 17.9 Å². The molecule has 3 rings (SSSR count). The SMILES string of the molecule is C=CCCc1ccc(-c2cc3ccc(OCC=CC)c(F)c3c(F)c2F)cc1. The molecule has 0 aromatic heterocycles. The van der Waals surface area contributed by atoms with Crippen molar-refractivity contribution in [1.82, 2.24) is 0 Å². The van der Waals surface area contributed by atoms with Crippen molar-refractivity contribution >= 4 is 10.8 Å².